The first-order valence-corrected chi connectivity index (χ1v) is 11.1. The average Bonchev–Trinajstić information content (AvgIpc) is 2.88. The van der Waals surface area contributed by atoms with Gasteiger partial charge in [-0.3, -0.25) is 0 Å². The highest BCUT2D eigenvalue weighted by molar-refractivity contribution is 6.89. The Labute approximate surface area is 136 Å². The second kappa shape index (κ2) is 5.45. The number of pyridine rings is 1. The van der Waals surface area contributed by atoms with Crippen LogP contribution < -0.4 is 10.1 Å². The quantitative estimate of drug-likeness (QED) is 0.569. The van der Waals surface area contributed by atoms with Crippen LogP contribution in [0.2, 0.25) is 24.8 Å². The Bertz CT molecular complexity index is 836. The van der Waals surface area contributed by atoms with Gasteiger partial charge in [0.15, 0.2) is 0 Å². The Kier molecular flexibility index (Phi) is 3.74. The fourth-order valence-electron chi connectivity index (χ4n) is 2.73. The van der Waals surface area contributed by atoms with Gasteiger partial charge in [-0.15, -0.1) is 0 Å². The van der Waals surface area contributed by atoms with Crippen LogP contribution in [0.3, 0.4) is 0 Å². The Hall–Kier alpha value is -1.78. The number of H-pyrrole nitrogens is 1. The van der Waals surface area contributed by atoms with E-state index >= 15 is 0 Å². The molecule has 0 fully saturated rings. The van der Waals surface area contributed by atoms with Crippen LogP contribution in [0.25, 0.3) is 22.0 Å². The summed E-state index contributed by atoms with van der Waals surface area (Å²) < 4.78 is 5.37. The van der Waals surface area contributed by atoms with E-state index in [4.69, 9.17) is 16.3 Å². The fourth-order valence-corrected chi connectivity index (χ4v) is 4.51. The summed E-state index contributed by atoms with van der Waals surface area (Å²) in [5.41, 5.74) is 3.30. The van der Waals surface area contributed by atoms with Crippen LogP contribution >= 0.6 is 11.6 Å². The molecule has 3 rings (SSSR count). The van der Waals surface area contributed by atoms with Crippen molar-refractivity contribution in [2.75, 3.05) is 7.11 Å². The van der Waals surface area contributed by atoms with Gasteiger partial charge >= 0.3 is 0 Å². The monoisotopic (exact) mass is 330 g/mol. The molecular formula is C17H19ClN2OSi. The number of halogens is 1. The highest BCUT2D eigenvalue weighted by atomic mass is 35.5. The van der Waals surface area contributed by atoms with Crippen molar-refractivity contribution in [1.82, 2.24) is 9.97 Å². The number of hydrogen-bond donors (Lipinski definition) is 1. The van der Waals surface area contributed by atoms with E-state index in [0.29, 0.717) is 5.15 Å². The lowest BCUT2D eigenvalue weighted by atomic mass is 10.1. The maximum absolute atomic E-state index is 6.40. The zero-order valence-electron chi connectivity index (χ0n) is 13.2. The Morgan fingerprint density at radius 2 is 1.95 bits per heavy atom. The number of hydrogen-bond acceptors (Lipinski definition) is 2. The lowest BCUT2D eigenvalue weighted by molar-refractivity contribution is 0.415. The molecule has 114 valence electrons. The summed E-state index contributed by atoms with van der Waals surface area (Å²) in [6, 6.07) is 10.1. The van der Waals surface area contributed by atoms with Crippen molar-refractivity contribution in [3.05, 3.63) is 41.7 Å². The minimum absolute atomic E-state index is 0.538. The van der Waals surface area contributed by atoms with Crippen molar-refractivity contribution in [2.24, 2.45) is 0 Å². The highest BCUT2D eigenvalue weighted by Crippen LogP contribution is 2.34. The molecule has 1 aromatic carbocycles. The lowest BCUT2D eigenvalue weighted by Crippen LogP contribution is -2.39. The van der Waals surface area contributed by atoms with Crippen molar-refractivity contribution in [2.45, 2.75) is 19.6 Å². The molecule has 0 saturated carbocycles. The molecule has 1 N–H and O–H groups in total. The molecule has 2 aromatic heterocycles. The minimum atomic E-state index is -1.58. The number of nitrogens with one attached hydrogen (secondary N) is 1. The fraction of sp³-hybridized carbons (Fsp3) is 0.235. The number of aromatic nitrogens is 2. The topological polar surface area (TPSA) is 37.9 Å². The van der Waals surface area contributed by atoms with Gasteiger partial charge in [0.05, 0.1) is 20.7 Å². The van der Waals surface area contributed by atoms with E-state index in [1.807, 2.05) is 18.2 Å². The van der Waals surface area contributed by atoms with Gasteiger partial charge in [-0.25, -0.2) is 4.98 Å². The van der Waals surface area contributed by atoms with Crippen molar-refractivity contribution in [3.63, 3.8) is 0 Å². The SMILES string of the molecule is COc1cccc(-c2c([Si](C)(C)C)[nH]c3ccnc(Cl)c23)c1. The van der Waals surface area contributed by atoms with Crippen molar-refractivity contribution < 1.29 is 4.74 Å². The number of aromatic amines is 1. The zero-order valence-corrected chi connectivity index (χ0v) is 15.0. The van der Waals surface area contributed by atoms with Gasteiger partial charge in [0.1, 0.15) is 10.9 Å². The van der Waals surface area contributed by atoms with Crippen LogP contribution in [0.5, 0.6) is 5.75 Å². The minimum Gasteiger partial charge on any atom is -0.497 e. The van der Waals surface area contributed by atoms with E-state index in [2.05, 4.69) is 41.7 Å². The second-order valence-electron chi connectivity index (χ2n) is 6.38. The summed E-state index contributed by atoms with van der Waals surface area (Å²) in [6.45, 7) is 6.97. The first kappa shape index (κ1) is 15.1. The largest absolute Gasteiger partial charge is 0.497 e. The first-order valence-electron chi connectivity index (χ1n) is 7.23. The summed E-state index contributed by atoms with van der Waals surface area (Å²) in [6.07, 6.45) is 1.74. The molecule has 0 aliphatic carbocycles. The summed E-state index contributed by atoms with van der Waals surface area (Å²) in [4.78, 5) is 7.84. The van der Waals surface area contributed by atoms with Gasteiger partial charge in [0.25, 0.3) is 0 Å². The number of methoxy groups -OCH3 is 1. The molecule has 22 heavy (non-hydrogen) atoms. The van der Waals surface area contributed by atoms with Gasteiger partial charge < -0.3 is 9.72 Å². The zero-order chi connectivity index (χ0) is 15.9. The van der Waals surface area contributed by atoms with Crippen LogP contribution in [0.15, 0.2) is 36.5 Å². The van der Waals surface area contributed by atoms with Gasteiger partial charge in [-0.1, -0.05) is 43.4 Å². The molecule has 2 heterocycles. The van der Waals surface area contributed by atoms with Crippen LogP contribution in [-0.2, 0) is 0 Å². The summed E-state index contributed by atoms with van der Waals surface area (Å²) in [7, 11) is 0.106. The van der Waals surface area contributed by atoms with E-state index in [1.54, 1.807) is 13.3 Å². The third kappa shape index (κ3) is 2.53. The molecule has 0 unspecified atom stereocenters. The van der Waals surface area contributed by atoms with Gasteiger partial charge in [0.2, 0.25) is 0 Å². The highest BCUT2D eigenvalue weighted by Gasteiger charge is 2.26. The van der Waals surface area contributed by atoms with E-state index < -0.39 is 8.07 Å². The van der Waals surface area contributed by atoms with E-state index in [0.717, 1.165) is 27.8 Å². The molecule has 3 aromatic rings. The standard InChI is InChI=1S/C17H19ClN2OSi/c1-21-12-7-5-6-11(10-12)14-15-13(8-9-19-16(15)18)20-17(14)22(2,3)4/h5-10,20H,1-4H3. The maximum Gasteiger partial charge on any atom is 0.138 e. The maximum atomic E-state index is 6.40. The second-order valence-corrected chi connectivity index (χ2v) is 11.7. The van der Waals surface area contributed by atoms with Crippen molar-refractivity contribution in [3.8, 4) is 16.9 Å². The van der Waals surface area contributed by atoms with Crippen LogP contribution in [-0.4, -0.2) is 25.2 Å². The Balaban J connectivity index is 2.39. The molecule has 5 heteroatoms. The van der Waals surface area contributed by atoms with Gasteiger partial charge in [0, 0.05) is 22.5 Å². The molecule has 0 aliphatic heterocycles. The molecule has 0 bridgehead atoms. The number of benzene rings is 1. The number of fused-ring (bicyclic) bond motifs is 1. The normalized spacial score (nSPS) is 11.9. The molecule has 0 amide bonds. The first-order chi connectivity index (χ1) is 10.4. The average molecular weight is 331 g/mol. The summed E-state index contributed by atoms with van der Waals surface area (Å²) >= 11 is 6.40. The van der Waals surface area contributed by atoms with Crippen molar-refractivity contribution >= 4 is 35.9 Å². The molecule has 0 saturated heterocycles. The smallest absolute Gasteiger partial charge is 0.138 e. The molecule has 0 radical (unpaired) electrons. The summed E-state index contributed by atoms with van der Waals surface area (Å²) in [5.74, 6) is 0.841. The van der Waals surface area contributed by atoms with Crippen molar-refractivity contribution in [1.29, 1.82) is 0 Å². The Morgan fingerprint density at radius 3 is 2.64 bits per heavy atom. The third-order valence-electron chi connectivity index (χ3n) is 3.77. The predicted molar refractivity (Wildman–Crippen MR) is 96.1 cm³/mol. The number of rotatable bonds is 3. The lowest BCUT2D eigenvalue weighted by Gasteiger charge is -2.17. The van der Waals surface area contributed by atoms with E-state index in [-0.39, 0.29) is 0 Å². The molecule has 3 nitrogen and oxygen atoms in total. The molecular weight excluding hydrogens is 312 g/mol. The summed E-state index contributed by atoms with van der Waals surface area (Å²) in [5, 5.41) is 2.82. The number of nitrogens with zero attached hydrogens (tertiary/aromatic N) is 1. The van der Waals surface area contributed by atoms with Crippen LogP contribution in [0.4, 0.5) is 0 Å². The van der Waals surface area contributed by atoms with E-state index in [9.17, 15) is 0 Å². The van der Waals surface area contributed by atoms with Gasteiger partial charge in [-0.05, 0) is 23.8 Å². The van der Waals surface area contributed by atoms with Crippen LogP contribution in [0, 0.1) is 0 Å². The Morgan fingerprint density at radius 1 is 1.18 bits per heavy atom. The molecule has 0 spiro atoms. The molecule has 0 atom stereocenters. The molecule has 0 aliphatic rings. The van der Waals surface area contributed by atoms with Crippen LogP contribution in [0.1, 0.15) is 0 Å². The number of ether oxygens (including phenoxy) is 1. The third-order valence-corrected chi connectivity index (χ3v) is 5.93. The van der Waals surface area contributed by atoms with Gasteiger partial charge in [-0.2, -0.15) is 0 Å². The van der Waals surface area contributed by atoms with E-state index in [1.165, 1.54) is 5.32 Å². The predicted octanol–water partition coefficient (Wildman–Crippen LogP) is 4.44.